The fourth-order valence-electron chi connectivity index (χ4n) is 2.58. The third-order valence-corrected chi connectivity index (χ3v) is 5.08. The molecule has 0 bridgehead atoms. The number of rotatable bonds is 4. The highest BCUT2D eigenvalue weighted by atomic mass is 32.2. The van der Waals surface area contributed by atoms with Crippen LogP contribution in [0.15, 0.2) is 82.6 Å². The lowest BCUT2D eigenvalue weighted by atomic mass is 10.0. The zero-order chi connectivity index (χ0) is 20.1. The molecule has 0 fully saturated rings. The van der Waals surface area contributed by atoms with E-state index in [4.69, 9.17) is 0 Å². The van der Waals surface area contributed by atoms with Gasteiger partial charge in [0.2, 0.25) is 0 Å². The van der Waals surface area contributed by atoms with Crippen molar-refractivity contribution in [3.8, 4) is 6.07 Å². The minimum absolute atomic E-state index is 0.185. The quantitative estimate of drug-likeness (QED) is 0.344. The van der Waals surface area contributed by atoms with Gasteiger partial charge in [-0.1, -0.05) is 53.7 Å². The van der Waals surface area contributed by atoms with Crippen molar-refractivity contribution in [2.45, 2.75) is 22.9 Å². The number of hydrogen-bond donors (Lipinski definition) is 0. The van der Waals surface area contributed by atoms with Crippen molar-refractivity contribution in [2.75, 3.05) is 0 Å². The van der Waals surface area contributed by atoms with E-state index >= 15 is 0 Å². The van der Waals surface area contributed by atoms with Gasteiger partial charge >= 0.3 is 6.18 Å². The van der Waals surface area contributed by atoms with Crippen LogP contribution < -0.4 is 0 Å². The number of nitriles is 1. The van der Waals surface area contributed by atoms with Crippen molar-refractivity contribution in [3.05, 3.63) is 95.1 Å². The minimum atomic E-state index is -4.44. The lowest BCUT2D eigenvalue weighted by Gasteiger charge is -2.08. The second-order valence-electron chi connectivity index (χ2n) is 6.23. The first-order chi connectivity index (χ1) is 13.3. The Labute approximate surface area is 166 Å². The number of benzene rings is 3. The van der Waals surface area contributed by atoms with Crippen LogP contribution in [0.1, 0.15) is 22.3 Å². The maximum atomic E-state index is 12.9. The van der Waals surface area contributed by atoms with Gasteiger partial charge in [0.05, 0.1) is 17.2 Å². The predicted octanol–water partition coefficient (Wildman–Crippen LogP) is 7.23. The first kappa shape index (κ1) is 19.8. The van der Waals surface area contributed by atoms with Crippen molar-refractivity contribution in [1.29, 1.82) is 5.26 Å². The summed E-state index contributed by atoms with van der Waals surface area (Å²) < 4.78 is 38.7. The average Bonchev–Trinajstić information content (AvgIpc) is 2.68. The summed E-state index contributed by atoms with van der Waals surface area (Å²) in [7, 11) is 0. The SMILES string of the molecule is Cc1ccc(Sc2ccc(/C=C(/C#N)c3cccc(C(F)(F)F)c3)cc2)cc1. The van der Waals surface area contributed by atoms with E-state index in [0.717, 1.165) is 27.5 Å². The van der Waals surface area contributed by atoms with E-state index in [1.54, 1.807) is 17.8 Å². The van der Waals surface area contributed by atoms with Crippen molar-refractivity contribution >= 4 is 23.4 Å². The zero-order valence-corrected chi connectivity index (χ0v) is 15.8. The molecule has 0 aliphatic carbocycles. The molecule has 3 aromatic rings. The summed E-state index contributed by atoms with van der Waals surface area (Å²) in [6.07, 6.45) is -2.85. The first-order valence-electron chi connectivity index (χ1n) is 8.49. The van der Waals surface area contributed by atoms with E-state index < -0.39 is 11.7 Å². The summed E-state index contributed by atoms with van der Waals surface area (Å²) in [5.74, 6) is 0. The van der Waals surface area contributed by atoms with Gasteiger partial charge in [-0.3, -0.25) is 0 Å². The third kappa shape index (κ3) is 5.05. The van der Waals surface area contributed by atoms with E-state index in [0.29, 0.717) is 0 Å². The minimum Gasteiger partial charge on any atom is -0.192 e. The molecule has 0 saturated carbocycles. The Hall–Kier alpha value is -2.97. The van der Waals surface area contributed by atoms with Crippen LogP contribution in [0, 0.1) is 18.3 Å². The summed E-state index contributed by atoms with van der Waals surface area (Å²) in [6, 6.07) is 22.6. The third-order valence-electron chi connectivity index (χ3n) is 4.07. The molecule has 0 amide bonds. The van der Waals surface area contributed by atoms with Crippen molar-refractivity contribution in [3.63, 3.8) is 0 Å². The molecule has 0 unspecified atom stereocenters. The number of allylic oxidation sites excluding steroid dienone is 1. The summed E-state index contributed by atoms with van der Waals surface area (Å²) >= 11 is 1.62. The molecule has 0 aliphatic rings. The molecule has 3 rings (SSSR count). The Kier molecular flexibility index (Phi) is 5.91. The smallest absolute Gasteiger partial charge is 0.192 e. The van der Waals surface area contributed by atoms with Gasteiger partial charge in [-0.2, -0.15) is 18.4 Å². The molecule has 0 saturated heterocycles. The molecule has 0 N–H and O–H groups in total. The molecule has 0 spiro atoms. The topological polar surface area (TPSA) is 23.8 Å². The monoisotopic (exact) mass is 395 g/mol. The standard InChI is InChI=1S/C23H16F3NS/c1-16-5-9-21(10-6-16)28-22-11-7-17(8-12-22)13-19(15-27)18-3-2-4-20(14-18)23(24,25)26/h2-14H,1H3/b19-13-. The molecule has 1 nitrogen and oxygen atoms in total. The van der Waals surface area contributed by atoms with Crippen molar-refractivity contribution < 1.29 is 13.2 Å². The van der Waals surface area contributed by atoms with Crippen molar-refractivity contribution in [1.82, 2.24) is 0 Å². The van der Waals surface area contributed by atoms with Gasteiger partial charge in [-0.25, -0.2) is 0 Å². The molecule has 0 radical (unpaired) electrons. The molecule has 0 aliphatic heterocycles. The van der Waals surface area contributed by atoms with Gasteiger partial charge in [-0.15, -0.1) is 0 Å². The lowest BCUT2D eigenvalue weighted by molar-refractivity contribution is -0.137. The molecule has 140 valence electrons. The average molecular weight is 395 g/mol. The molecule has 5 heteroatoms. The Morgan fingerprint density at radius 2 is 1.54 bits per heavy atom. The van der Waals surface area contributed by atoms with Crippen LogP contribution in [-0.4, -0.2) is 0 Å². The van der Waals surface area contributed by atoms with Crippen LogP contribution in [0.2, 0.25) is 0 Å². The van der Waals surface area contributed by atoms with Gasteiger partial charge in [0, 0.05) is 9.79 Å². The fourth-order valence-corrected chi connectivity index (χ4v) is 3.40. The summed E-state index contributed by atoms with van der Waals surface area (Å²) in [5.41, 5.74) is 1.61. The maximum Gasteiger partial charge on any atom is 0.416 e. The molecule has 0 heterocycles. The molecule has 3 aromatic carbocycles. The van der Waals surface area contributed by atoms with Gasteiger partial charge in [0.15, 0.2) is 0 Å². The van der Waals surface area contributed by atoms with Crippen LogP contribution in [-0.2, 0) is 6.18 Å². The first-order valence-corrected chi connectivity index (χ1v) is 9.31. The fraction of sp³-hybridized carbons (Fsp3) is 0.0870. The van der Waals surface area contributed by atoms with Gasteiger partial charge in [0.25, 0.3) is 0 Å². The van der Waals surface area contributed by atoms with Crippen LogP contribution >= 0.6 is 11.8 Å². The largest absolute Gasteiger partial charge is 0.416 e. The van der Waals surface area contributed by atoms with E-state index in [1.807, 2.05) is 49.4 Å². The van der Waals surface area contributed by atoms with Crippen LogP contribution in [0.25, 0.3) is 11.6 Å². The highest BCUT2D eigenvalue weighted by Crippen LogP contribution is 2.32. The highest BCUT2D eigenvalue weighted by Gasteiger charge is 2.30. The van der Waals surface area contributed by atoms with E-state index in [2.05, 4.69) is 12.1 Å². The van der Waals surface area contributed by atoms with Gasteiger partial charge in [-0.05, 0) is 60.5 Å². The number of aryl methyl sites for hydroxylation is 1. The van der Waals surface area contributed by atoms with E-state index in [9.17, 15) is 18.4 Å². The van der Waals surface area contributed by atoms with Crippen LogP contribution in [0.3, 0.4) is 0 Å². The Morgan fingerprint density at radius 3 is 2.11 bits per heavy atom. The van der Waals surface area contributed by atoms with Crippen LogP contribution in [0.5, 0.6) is 0 Å². The number of nitrogens with zero attached hydrogens (tertiary/aromatic N) is 1. The van der Waals surface area contributed by atoms with E-state index in [1.165, 1.54) is 17.7 Å². The second-order valence-corrected chi connectivity index (χ2v) is 7.38. The van der Waals surface area contributed by atoms with E-state index in [-0.39, 0.29) is 11.1 Å². The summed E-state index contributed by atoms with van der Waals surface area (Å²) in [5, 5.41) is 9.40. The Balaban J connectivity index is 1.81. The lowest BCUT2D eigenvalue weighted by Crippen LogP contribution is -2.04. The number of hydrogen-bond acceptors (Lipinski definition) is 2. The Morgan fingerprint density at radius 1 is 0.929 bits per heavy atom. The molecular formula is C23H16F3NS. The molecule has 0 atom stereocenters. The summed E-state index contributed by atoms with van der Waals surface area (Å²) in [6.45, 7) is 2.03. The predicted molar refractivity (Wildman–Crippen MR) is 107 cm³/mol. The molecule has 0 aromatic heterocycles. The Bertz CT molecular complexity index is 1030. The zero-order valence-electron chi connectivity index (χ0n) is 15.0. The highest BCUT2D eigenvalue weighted by molar-refractivity contribution is 7.99. The van der Waals surface area contributed by atoms with Crippen LogP contribution in [0.4, 0.5) is 13.2 Å². The van der Waals surface area contributed by atoms with Gasteiger partial charge < -0.3 is 0 Å². The normalized spacial score (nSPS) is 11.9. The maximum absolute atomic E-state index is 12.9. The molecule has 28 heavy (non-hydrogen) atoms. The molecular weight excluding hydrogens is 379 g/mol. The number of alkyl halides is 3. The van der Waals surface area contributed by atoms with Crippen molar-refractivity contribution in [2.24, 2.45) is 0 Å². The van der Waals surface area contributed by atoms with Gasteiger partial charge in [0.1, 0.15) is 0 Å². The number of halogens is 3. The second kappa shape index (κ2) is 8.37. The summed E-state index contributed by atoms with van der Waals surface area (Å²) in [4.78, 5) is 2.16.